The Labute approximate surface area is 199 Å². The minimum Gasteiger partial charge on any atom is -0.461 e. The molecule has 1 atom stereocenters. The van der Waals surface area contributed by atoms with E-state index >= 15 is 0 Å². The standard InChI is InChI=1S/C26H52O5S/c1-3-4-5-6-7-8-9-10-11-12-13-14-15-16-17-18-19-20-21-22-23-26(31-25(2)27)24-32(28,29)30/h26H,3-24H2,1-2H3,(H,28,29,30). The van der Waals surface area contributed by atoms with Gasteiger partial charge in [0.2, 0.25) is 0 Å². The quantitative estimate of drug-likeness (QED) is 0.0866. The van der Waals surface area contributed by atoms with Crippen molar-refractivity contribution in [3.8, 4) is 0 Å². The molecule has 1 N–H and O–H groups in total. The van der Waals surface area contributed by atoms with Crippen LogP contribution in [0.5, 0.6) is 0 Å². The average Bonchev–Trinajstić information content (AvgIpc) is 2.70. The molecule has 5 nitrogen and oxygen atoms in total. The van der Waals surface area contributed by atoms with Crippen molar-refractivity contribution in [3.05, 3.63) is 0 Å². The molecule has 0 saturated heterocycles. The van der Waals surface area contributed by atoms with Crippen LogP contribution >= 0.6 is 0 Å². The van der Waals surface area contributed by atoms with E-state index < -0.39 is 27.9 Å². The summed E-state index contributed by atoms with van der Waals surface area (Å²) in [5.74, 6) is -1.02. The van der Waals surface area contributed by atoms with E-state index in [2.05, 4.69) is 6.92 Å². The Morgan fingerprint density at radius 2 is 0.969 bits per heavy atom. The second-order valence-electron chi connectivity index (χ2n) is 9.49. The van der Waals surface area contributed by atoms with E-state index in [-0.39, 0.29) is 0 Å². The zero-order valence-corrected chi connectivity index (χ0v) is 21.9. The third-order valence-electron chi connectivity index (χ3n) is 6.11. The fourth-order valence-electron chi connectivity index (χ4n) is 4.27. The lowest BCUT2D eigenvalue weighted by Crippen LogP contribution is -2.25. The second-order valence-corrected chi connectivity index (χ2v) is 11.0. The molecule has 0 amide bonds. The molecule has 0 saturated carbocycles. The van der Waals surface area contributed by atoms with E-state index in [1.54, 1.807) is 0 Å². The summed E-state index contributed by atoms with van der Waals surface area (Å²) in [5.41, 5.74) is 0. The predicted octanol–water partition coefficient (Wildman–Crippen LogP) is 8.02. The minimum absolute atomic E-state index is 0.484. The Bertz CT molecular complexity index is 518. The van der Waals surface area contributed by atoms with E-state index in [9.17, 15) is 13.2 Å². The first-order valence-electron chi connectivity index (χ1n) is 13.5. The van der Waals surface area contributed by atoms with Gasteiger partial charge in [-0.1, -0.05) is 129 Å². The first-order chi connectivity index (χ1) is 15.3. The van der Waals surface area contributed by atoms with Gasteiger partial charge in [0, 0.05) is 6.92 Å². The van der Waals surface area contributed by atoms with Crippen LogP contribution in [0, 0.1) is 0 Å². The van der Waals surface area contributed by atoms with Gasteiger partial charge in [-0.15, -0.1) is 0 Å². The van der Waals surface area contributed by atoms with Crippen molar-refractivity contribution in [3.63, 3.8) is 0 Å². The number of unbranched alkanes of at least 4 members (excludes halogenated alkanes) is 19. The maximum absolute atomic E-state index is 11.1. The maximum atomic E-state index is 11.1. The number of rotatable bonds is 24. The Hall–Kier alpha value is -0.620. The van der Waals surface area contributed by atoms with Gasteiger partial charge in [-0.25, -0.2) is 0 Å². The van der Waals surface area contributed by atoms with Gasteiger partial charge in [-0.2, -0.15) is 8.42 Å². The lowest BCUT2D eigenvalue weighted by molar-refractivity contribution is -0.145. The molecule has 0 aliphatic carbocycles. The summed E-state index contributed by atoms with van der Waals surface area (Å²) in [6.07, 6.45) is 26.0. The molecule has 0 aliphatic rings. The van der Waals surface area contributed by atoms with Crippen molar-refractivity contribution in [2.24, 2.45) is 0 Å². The summed E-state index contributed by atoms with van der Waals surface area (Å²) in [4.78, 5) is 11.1. The molecular formula is C26H52O5S. The lowest BCUT2D eigenvalue weighted by atomic mass is 10.0. The van der Waals surface area contributed by atoms with Crippen LogP contribution < -0.4 is 0 Å². The third kappa shape index (κ3) is 25.6. The molecule has 0 aromatic heterocycles. The van der Waals surface area contributed by atoms with Crippen molar-refractivity contribution < 1.29 is 22.5 Å². The molecule has 0 aliphatic heterocycles. The third-order valence-corrected chi connectivity index (χ3v) is 6.90. The molecule has 1 unspecified atom stereocenters. The SMILES string of the molecule is CCCCCCCCCCCCCCCCCCCCCCC(CS(=O)(=O)O)OC(C)=O. The molecular weight excluding hydrogens is 424 g/mol. The molecule has 0 spiro atoms. The number of esters is 1. The fourth-order valence-corrected chi connectivity index (χ4v) is 4.98. The molecule has 0 radical (unpaired) electrons. The zero-order chi connectivity index (χ0) is 23.9. The highest BCUT2D eigenvalue weighted by Crippen LogP contribution is 2.16. The van der Waals surface area contributed by atoms with E-state index in [0.29, 0.717) is 6.42 Å². The van der Waals surface area contributed by atoms with Gasteiger partial charge < -0.3 is 4.74 Å². The number of carbonyl (C=O) groups is 1. The van der Waals surface area contributed by atoms with Crippen LogP contribution in [0.1, 0.15) is 149 Å². The lowest BCUT2D eigenvalue weighted by Gasteiger charge is -2.15. The van der Waals surface area contributed by atoms with Crippen LogP contribution in [0.3, 0.4) is 0 Å². The summed E-state index contributed by atoms with van der Waals surface area (Å²) in [6.45, 7) is 3.53. The zero-order valence-electron chi connectivity index (χ0n) is 21.1. The number of hydrogen-bond donors (Lipinski definition) is 1. The van der Waals surface area contributed by atoms with Crippen LogP contribution in [0.2, 0.25) is 0 Å². The van der Waals surface area contributed by atoms with E-state index in [1.165, 1.54) is 116 Å². The largest absolute Gasteiger partial charge is 0.461 e. The van der Waals surface area contributed by atoms with Crippen LogP contribution in [0.25, 0.3) is 0 Å². The monoisotopic (exact) mass is 476 g/mol. The van der Waals surface area contributed by atoms with Gasteiger partial charge >= 0.3 is 5.97 Å². The van der Waals surface area contributed by atoms with Crippen LogP contribution in [-0.2, 0) is 19.6 Å². The summed E-state index contributed by atoms with van der Waals surface area (Å²) < 4.78 is 35.9. The van der Waals surface area contributed by atoms with Gasteiger partial charge in [0.05, 0.1) is 0 Å². The molecule has 32 heavy (non-hydrogen) atoms. The van der Waals surface area contributed by atoms with E-state index in [0.717, 1.165) is 19.3 Å². The van der Waals surface area contributed by atoms with Gasteiger partial charge in [-0.3, -0.25) is 9.35 Å². The fraction of sp³-hybridized carbons (Fsp3) is 0.962. The van der Waals surface area contributed by atoms with Crippen LogP contribution in [0.4, 0.5) is 0 Å². The predicted molar refractivity (Wildman–Crippen MR) is 135 cm³/mol. The van der Waals surface area contributed by atoms with Gasteiger partial charge in [0.15, 0.2) is 0 Å². The molecule has 0 rings (SSSR count). The highest BCUT2D eigenvalue weighted by atomic mass is 32.2. The highest BCUT2D eigenvalue weighted by Gasteiger charge is 2.19. The summed E-state index contributed by atoms with van der Waals surface area (Å²) in [7, 11) is -4.12. The molecule has 0 aromatic rings. The molecule has 0 heterocycles. The van der Waals surface area contributed by atoms with Gasteiger partial charge in [0.1, 0.15) is 11.9 Å². The smallest absolute Gasteiger partial charge is 0.302 e. The number of hydrogen-bond acceptors (Lipinski definition) is 4. The van der Waals surface area contributed by atoms with Crippen molar-refractivity contribution in [1.29, 1.82) is 0 Å². The van der Waals surface area contributed by atoms with Crippen molar-refractivity contribution in [2.45, 2.75) is 155 Å². The van der Waals surface area contributed by atoms with Crippen molar-refractivity contribution in [2.75, 3.05) is 5.75 Å². The number of ether oxygens (including phenoxy) is 1. The molecule has 0 aromatic carbocycles. The van der Waals surface area contributed by atoms with E-state index in [4.69, 9.17) is 9.29 Å². The minimum atomic E-state index is -4.12. The summed E-state index contributed by atoms with van der Waals surface area (Å²) >= 11 is 0. The van der Waals surface area contributed by atoms with Crippen molar-refractivity contribution >= 4 is 16.1 Å². The average molecular weight is 477 g/mol. The molecule has 192 valence electrons. The molecule has 0 bridgehead atoms. The first-order valence-corrected chi connectivity index (χ1v) is 15.1. The Morgan fingerprint density at radius 1 is 0.656 bits per heavy atom. The Kier molecular flexibility index (Phi) is 21.8. The van der Waals surface area contributed by atoms with Crippen LogP contribution in [0.15, 0.2) is 0 Å². The second kappa shape index (κ2) is 22.2. The maximum Gasteiger partial charge on any atom is 0.302 e. The Balaban J connectivity index is 3.34. The normalized spacial score (nSPS) is 12.7. The van der Waals surface area contributed by atoms with E-state index in [1.807, 2.05) is 0 Å². The summed E-state index contributed by atoms with van der Waals surface area (Å²) in [5, 5.41) is 0. The highest BCUT2D eigenvalue weighted by molar-refractivity contribution is 7.85. The van der Waals surface area contributed by atoms with Gasteiger partial charge in [-0.05, 0) is 12.8 Å². The van der Waals surface area contributed by atoms with Crippen LogP contribution in [-0.4, -0.2) is 30.8 Å². The molecule has 0 fully saturated rings. The molecule has 6 heteroatoms. The van der Waals surface area contributed by atoms with Crippen molar-refractivity contribution in [1.82, 2.24) is 0 Å². The summed E-state index contributed by atoms with van der Waals surface area (Å²) in [6, 6.07) is 0. The van der Waals surface area contributed by atoms with Gasteiger partial charge in [0.25, 0.3) is 10.1 Å². The topological polar surface area (TPSA) is 80.7 Å². The first kappa shape index (κ1) is 31.4. The number of carbonyl (C=O) groups excluding carboxylic acids is 1. The Morgan fingerprint density at radius 3 is 1.25 bits per heavy atom.